The minimum absolute atomic E-state index is 0.110. The number of likely N-dealkylation sites (N-methyl/N-ethyl adjacent to an activating group) is 1. The molecule has 5 nitrogen and oxygen atoms in total. The number of ether oxygens (including phenoxy) is 1. The van der Waals surface area contributed by atoms with Crippen molar-refractivity contribution in [3.8, 4) is 5.75 Å². The monoisotopic (exact) mass is 298 g/mol. The van der Waals surface area contributed by atoms with Gasteiger partial charge >= 0.3 is 0 Å². The zero-order valence-corrected chi connectivity index (χ0v) is 12.8. The summed E-state index contributed by atoms with van der Waals surface area (Å²) in [5, 5.41) is 3.31. The van der Waals surface area contributed by atoms with E-state index in [-0.39, 0.29) is 11.8 Å². The van der Waals surface area contributed by atoms with E-state index in [0.717, 1.165) is 30.9 Å². The summed E-state index contributed by atoms with van der Waals surface area (Å²) in [6.07, 6.45) is 0.727. The summed E-state index contributed by atoms with van der Waals surface area (Å²) in [6, 6.07) is 8.00. The zero-order chi connectivity index (χ0) is 14.6. The summed E-state index contributed by atoms with van der Waals surface area (Å²) >= 11 is 0. The summed E-state index contributed by atoms with van der Waals surface area (Å²) in [7, 11) is 0.870. The highest BCUT2D eigenvalue weighted by Gasteiger charge is 2.27. The lowest BCUT2D eigenvalue weighted by atomic mass is 10.2. The second-order valence-electron chi connectivity index (χ2n) is 5.18. The molecule has 1 heterocycles. The van der Waals surface area contributed by atoms with Gasteiger partial charge in [-0.1, -0.05) is 6.07 Å². The highest BCUT2D eigenvalue weighted by molar-refractivity contribution is 7.91. The van der Waals surface area contributed by atoms with Crippen molar-refractivity contribution in [2.75, 3.05) is 43.7 Å². The molecule has 1 aromatic carbocycles. The maximum Gasteiger partial charge on any atom is 0.151 e. The van der Waals surface area contributed by atoms with E-state index in [9.17, 15) is 8.42 Å². The van der Waals surface area contributed by atoms with Crippen LogP contribution in [-0.4, -0.2) is 53.2 Å². The van der Waals surface area contributed by atoms with Crippen LogP contribution in [-0.2, 0) is 9.84 Å². The molecule has 6 heteroatoms. The SMILES string of the molecule is COc1cccc(N(C)CCNC2CCS(=O)(=O)C2)c1. The fraction of sp³-hybridized carbons (Fsp3) is 0.571. The van der Waals surface area contributed by atoms with E-state index in [1.165, 1.54) is 0 Å². The molecule has 1 N–H and O–H groups in total. The van der Waals surface area contributed by atoms with E-state index in [4.69, 9.17) is 4.74 Å². The molecular weight excluding hydrogens is 276 g/mol. The van der Waals surface area contributed by atoms with Crippen molar-refractivity contribution < 1.29 is 13.2 Å². The lowest BCUT2D eigenvalue weighted by Gasteiger charge is -2.21. The molecule has 2 rings (SSSR count). The molecule has 1 atom stereocenters. The molecule has 1 aliphatic heterocycles. The summed E-state index contributed by atoms with van der Waals surface area (Å²) in [4.78, 5) is 2.12. The Kier molecular flexibility index (Phi) is 4.88. The predicted octanol–water partition coefficient (Wildman–Crippen LogP) is 0.908. The summed E-state index contributed by atoms with van der Waals surface area (Å²) in [6.45, 7) is 1.59. The highest BCUT2D eigenvalue weighted by Crippen LogP contribution is 2.19. The number of nitrogens with one attached hydrogen (secondary N) is 1. The molecule has 0 bridgehead atoms. The number of hydrogen-bond donors (Lipinski definition) is 1. The Labute approximate surface area is 120 Å². The van der Waals surface area contributed by atoms with Gasteiger partial charge in [0.25, 0.3) is 0 Å². The largest absolute Gasteiger partial charge is 0.497 e. The molecule has 1 aliphatic rings. The molecule has 112 valence electrons. The lowest BCUT2D eigenvalue weighted by Crippen LogP contribution is -2.36. The van der Waals surface area contributed by atoms with Crippen molar-refractivity contribution in [3.63, 3.8) is 0 Å². The minimum Gasteiger partial charge on any atom is -0.497 e. The van der Waals surface area contributed by atoms with E-state index >= 15 is 0 Å². The van der Waals surface area contributed by atoms with Gasteiger partial charge in [-0.2, -0.15) is 0 Å². The van der Waals surface area contributed by atoms with E-state index in [1.807, 2.05) is 31.3 Å². The van der Waals surface area contributed by atoms with Gasteiger partial charge in [-0.05, 0) is 18.6 Å². The summed E-state index contributed by atoms with van der Waals surface area (Å²) < 4.78 is 27.9. The van der Waals surface area contributed by atoms with Crippen molar-refractivity contribution in [2.24, 2.45) is 0 Å². The molecule has 1 fully saturated rings. The van der Waals surface area contributed by atoms with E-state index in [0.29, 0.717) is 5.75 Å². The molecular formula is C14H22N2O3S. The third-order valence-corrected chi connectivity index (χ3v) is 5.37. The number of benzene rings is 1. The van der Waals surface area contributed by atoms with Crippen LogP contribution < -0.4 is 15.0 Å². The predicted molar refractivity (Wildman–Crippen MR) is 81.3 cm³/mol. The Bertz CT molecular complexity index is 545. The van der Waals surface area contributed by atoms with Crippen molar-refractivity contribution in [1.82, 2.24) is 5.32 Å². The van der Waals surface area contributed by atoms with Gasteiger partial charge in [-0.3, -0.25) is 0 Å². The molecule has 0 amide bonds. The minimum atomic E-state index is -2.80. The number of hydrogen-bond acceptors (Lipinski definition) is 5. The first-order valence-corrected chi connectivity index (χ1v) is 8.61. The fourth-order valence-corrected chi connectivity index (χ4v) is 4.08. The fourth-order valence-electron chi connectivity index (χ4n) is 2.37. The van der Waals surface area contributed by atoms with Crippen LogP contribution in [0.3, 0.4) is 0 Å². The molecule has 0 aliphatic carbocycles. The Hall–Kier alpha value is -1.27. The van der Waals surface area contributed by atoms with Crippen LogP contribution >= 0.6 is 0 Å². The molecule has 20 heavy (non-hydrogen) atoms. The number of nitrogens with zero attached hydrogens (tertiary/aromatic N) is 1. The first kappa shape index (κ1) is 15.1. The smallest absolute Gasteiger partial charge is 0.151 e. The van der Waals surface area contributed by atoms with Crippen LogP contribution in [0.5, 0.6) is 5.75 Å². The molecule has 0 radical (unpaired) electrons. The number of sulfone groups is 1. The van der Waals surface area contributed by atoms with Gasteiger partial charge < -0.3 is 15.0 Å². The first-order chi connectivity index (χ1) is 9.50. The van der Waals surface area contributed by atoms with Crippen molar-refractivity contribution in [1.29, 1.82) is 0 Å². The number of anilines is 1. The first-order valence-electron chi connectivity index (χ1n) is 6.79. The Morgan fingerprint density at radius 1 is 1.45 bits per heavy atom. The van der Waals surface area contributed by atoms with Gasteiger partial charge in [-0.15, -0.1) is 0 Å². The Balaban J connectivity index is 1.79. The summed E-state index contributed by atoms with van der Waals surface area (Å²) in [5.41, 5.74) is 1.09. The van der Waals surface area contributed by atoms with Crippen molar-refractivity contribution in [3.05, 3.63) is 24.3 Å². The van der Waals surface area contributed by atoms with Gasteiger partial charge in [0.2, 0.25) is 0 Å². The topological polar surface area (TPSA) is 58.6 Å². The average molecular weight is 298 g/mol. The molecule has 1 aromatic rings. The van der Waals surface area contributed by atoms with Gasteiger partial charge in [0, 0.05) is 37.9 Å². The second kappa shape index (κ2) is 6.45. The third kappa shape index (κ3) is 4.11. The van der Waals surface area contributed by atoms with Gasteiger partial charge in [0.1, 0.15) is 5.75 Å². The Morgan fingerprint density at radius 3 is 2.90 bits per heavy atom. The Morgan fingerprint density at radius 2 is 2.25 bits per heavy atom. The maximum absolute atomic E-state index is 11.4. The molecule has 1 saturated heterocycles. The molecule has 1 unspecified atom stereocenters. The van der Waals surface area contributed by atoms with Gasteiger partial charge in [0.05, 0.1) is 18.6 Å². The van der Waals surface area contributed by atoms with Crippen molar-refractivity contribution in [2.45, 2.75) is 12.5 Å². The molecule has 0 saturated carbocycles. The van der Waals surface area contributed by atoms with Gasteiger partial charge in [-0.25, -0.2) is 8.42 Å². The van der Waals surface area contributed by atoms with Crippen LogP contribution in [0.2, 0.25) is 0 Å². The van der Waals surface area contributed by atoms with Crippen LogP contribution in [0.1, 0.15) is 6.42 Å². The van der Waals surface area contributed by atoms with Crippen LogP contribution in [0, 0.1) is 0 Å². The van der Waals surface area contributed by atoms with Crippen LogP contribution in [0.25, 0.3) is 0 Å². The van der Waals surface area contributed by atoms with E-state index < -0.39 is 9.84 Å². The quantitative estimate of drug-likeness (QED) is 0.846. The lowest BCUT2D eigenvalue weighted by molar-refractivity contribution is 0.415. The zero-order valence-electron chi connectivity index (χ0n) is 12.0. The van der Waals surface area contributed by atoms with Crippen LogP contribution in [0.4, 0.5) is 5.69 Å². The number of methoxy groups -OCH3 is 1. The number of rotatable bonds is 6. The molecule has 0 aromatic heterocycles. The van der Waals surface area contributed by atoms with Crippen LogP contribution in [0.15, 0.2) is 24.3 Å². The maximum atomic E-state index is 11.4. The third-order valence-electron chi connectivity index (χ3n) is 3.61. The van der Waals surface area contributed by atoms with E-state index in [2.05, 4.69) is 10.2 Å². The van der Waals surface area contributed by atoms with Crippen molar-refractivity contribution >= 4 is 15.5 Å². The standard InChI is InChI=1S/C14H22N2O3S/c1-16(13-4-3-5-14(10-13)19-2)8-7-15-12-6-9-20(17,18)11-12/h3-5,10,12,15H,6-9,11H2,1-2H3. The second-order valence-corrected chi connectivity index (χ2v) is 7.41. The van der Waals surface area contributed by atoms with E-state index in [1.54, 1.807) is 7.11 Å². The highest BCUT2D eigenvalue weighted by atomic mass is 32.2. The van der Waals surface area contributed by atoms with Gasteiger partial charge in [0.15, 0.2) is 9.84 Å². The average Bonchev–Trinajstić information content (AvgIpc) is 2.78. The molecule has 0 spiro atoms. The summed E-state index contributed by atoms with van der Waals surface area (Å²) in [5.74, 6) is 1.43. The normalized spacial score (nSPS) is 20.8.